The fraction of sp³-hybridized carbons (Fsp3) is 0.316. The van der Waals surface area contributed by atoms with E-state index in [2.05, 4.69) is 21.6 Å². The maximum atomic E-state index is 9.91. The van der Waals surface area contributed by atoms with Gasteiger partial charge < -0.3 is 5.11 Å². The predicted octanol–water partition coefficient (Wildman–Crippen LogP) is 1.89. The van der Waals surface area contributed by atoms with Crippen LogP contribution in [0.15, 0.2) is 48.5 Å². The van der Waals surface area contributed by atoms with Crippen molar-refractivity contribution in [3.8, 4) is 0 Å². The van der Waals surface area contributed by atoms with Gasteiger partial charge >= 0.3 is 0 Å². The highest BCUT2D eigenvalue weighted by molar-refractivity contribution is 6.30. The summed E-state index contributed by atoms with van der Waals surface area (Å²) in [6, 6.07) is 16.2. The second-order valence-corrected chi connectivity index (χ2v) is 7.21. The number of β-amino-alcohol motifs (C(OH)–C–C–N with tert-alkyl or cyclic N) is 1. The molecule has 0 aliphatic carbocycles. The van der Waals surface area contributed by atoms with Crippen LogP contribution >= 0.6 is 11.6 Å². The van der Waals surface area contributed by atoms with E-state index < -0.39 is 6.10 Å². The Morgan fingerprint density at radius 3 is 2.84 bits per heavy atom. The minimum Gasteiger partial charge on any atom is -0.392 e. The monoisotopic (exact) mass is 357 g/mol. The molecule has 2 atom stereocenters. The van der Waals surface area contributed by atoms with Crippen molar-refractivity contribution in [2.75, 3.05) is 18.1 Å². The van der Waals surface area contributed by atoms with Gasteiger partial charge in [0.1, 0.15) is 6.54 Å². The first-order valence-corrected chi connectivity index (χ1v) is 8.94. The van der Waals surface area contributed by atoms with Crippen LogP contribution in [0, 0.1) is 0 Å². The van der Waals surface area contributed by atoms with Gasteiger partial charge in [-0.25, -0.2) is 4.98 Å². The van der Waals surface area contributed by atoms with Crippen molar-refractivity contribution < 1.29 is 10.0 Å². The van der Waals surface area contributed by atoms with Gasteiger partial charge in [0, 0.05) is 10.6 Å². The molecule has 1 unspecified atom stereocenters. The molecule has 25 heavy (non-hydrogen) atoms. The number of hydrogen-bond acceptors (Lipinski definition) is 3. The summed E-state index contributed by atoms with van der Waals surface area (Å²) in [6.07, 6.45) is -0.404. The number of rotatable bonds is 4. The van der Waals surface area contributed by atoms with Crippen LogP contribution in [0.25, 0.3) is 11.0 Å². The SMILES string of the molecule is C[C@@H](O)CN1C[NH+](Cc2cccc(Cl)c2)Cn2c1nc1ccccc12. The fourth-order valence-corrected chi connectivity index (χ4v) is 3.80. The summed E-state index contributed by atoms with van der Waals surface area (Å²) in [6.45, 7) is 4.92. The van der Waals surface area contributed by atoms with Gasteiger partial charge in [0.05, 0.1) is 23.7 Å². The van der Waals surface area contributed by atoms with Crippen molar-refractivity contribution in [2.45, 2.75) is 26.2 Å². The summed E-state index contributed by atoms with van der Waals surface area (Å²) >= 11 is 6.13. The van der Waals surface area contributed by atoms with Gasteiger partial charge in [0.25, 0.3) is 0 Å². The van der Waals surface area contributed by atoms with Crippen LogP contribution in [0.3, 0.4) is 0 Å². The summed E-state index contributed by atoms with van der Waals surface area (Å²) in [4.78, 5) is 8.35. The quantitative estimate of drug-likeness (QED) is 0.749. The standard InChI is InChI=1S/C19H21ClN4O/c1-14(25)10-23-12-22(11-15-5-4-6-16(20)9-15)13-24-18-8-3-2-7-17(18)21-19(23)24/h2-9,14,25H,10-13H2,1H3/p+1/t14-/m1/s1. The molecule has 5 nitrogen and oxygen atoms in total. The molecule has 2 heterocycles. The zero-order valence-electron chi connectivity index (χ0n) is 14.2. The Morgan fingerprint density at radius 1 is 1.20 bits per heavy atom. The molecule has 6 heteroatoms. The zero-order chi connectivity index (χ0) is 17.4. The number of fused-ring (bicyclic) bond motifs is 3. The van der Waals surface area contributed by atoms with Gasteiger partial charge in [-0.2, -0.15) is 0 Å². The molecule has 0 spiro atoms. The Hall–Kier alpha value is -2.08. The van der Waals surface area contributed by atoms with E-state index in [4.69, 9.17) is 16.6 Å². The number of aromatic nitrogens is 2. The number of quaternary nitrogens is 1. The highest BCUT2D eigenvalue weighted by Gasteiger charge is 2.29. The number of aliphatic hydroxyl groups is 1. The Bertz CT molecular complexity index is 892. The molecule has 1 aliphatic heterocycles. The largest absolute Gasteiger partial charge is 0.392 e. The van der Waals surface area contributed by atoms with E-state index in [0.29, 0.717) is 6.54 Å². The molecule has 2 aromatic carbocycles. The van der Waals surface area contributed by atoms with Crippen LogP contribution in [0.4, 0.5) is 5.95 Å². The number of hydrogen-bond donors (Lipinski definition) is 2. The summed E-state index contributed by atoms with van der Waals surface area (Å²) in [5.41, 5.74) is 3.35. The molecule has 0 fully saturated rings. The molecule has 130 valence electrons. The topological polar surface area (TPSA) is 45.7 Å². The molecule has 1 aliphatic rings. The Labute approximate surface area is 152 Å². The molecule has 2 N–H and O–H groups in total. The molecule has 0 bridgehead atoms. The minimum atomic E-state index is -0.404. The van der Waals surface area contributed by atoms with Gasteiger partial charge in [-0.1, -0.05) is 35.9 Å². The van der Waals surface area contributed by atoms with Gasteiger partial charge in [-0.15, -0.1) is 0 Å². The average molecular weight is 358 g/mol. The Balaban J connectivity index is 1.68. The third-order valence-corrected chi connectivity index (χ3v) is 4.78. The van der Waals surface area contributed by atoms with Crippen molar-refractivity contribution in [3.63, 3.8) is 0 Å². The molecule has 1 aromatic heterocycles. The van der Waals surface area contributed by atoms with Crippen LogP contribution in [-0.2, 0) is 13.2 Å². The number of anilines is 1. The third-order valence-electron chi connectivity index (χ3n) is 4.54. The summed E-state index contributed by atoms with van der Waals surface area (Å²) < 4.78 is 2.25. The van der Waals surface area contributed by atoms with Crippen molar-refractivity contribution in [3.05, 3.63) is 59.1 Å². The molecular weight excluding hydrogens is 336 g/mol. The fourth-order valence-electron chi connectivity index (χ4n) is 3.59. The number of aliphatic hydroxyl groups excluding tert-OH is 1. The molecule has 0 saturated heterocycles. The Kier molecular flexibility index (Phi) is 4.37. The molecule has 4 rings (SSSR count). The van der Waals surface area contributed by atoms with E-state index >= 15 is 0 Å². The molecule has 0 radical (unpaired) electrons. The second kappa shape index (κ2) is 6.67. The van der Waals surface area contributed by atoms with E-state index in [1.807, 2.05) is 43.3 Å². The molecule has 0 saturated carbocycles. The lowest BCUT2D eigenvalue weighted by Crippen LogP contribution is -3.13. The van der Waals surface area contributed by atoms with Crippen LogP contribution < -0.4 is 9.80 Å². The highest BCUT2D eigenvalue weighted by Crippen LogP contribution is 2.23. The summed E-state index contributed by atoms with van der Waals surface area (Å²) in [5.74, 6) is 0.942. The number of benzene rings is 2. The van der Waals surface area contributed by atoms with E-state index in [9.17, 15) is 5.11 Å². The summed E-state index contributed by atoms with van der Waals surface area (Å²) in [7, 11) is 0. The van der Waals surface area contributed by atoms with Crippen molar-refractivity contribution in [2.24, 2.45) is 0 Å². The lowest BCUT2D eigenvalue weighted by Gasteiger charge is -2.35. The van der Waals surface area contributed by atoms with E-state index in [1.54, 1.807) is 0 Å². The number of halogens is 1. The molecular formula is C19H22ClN4O+. The first kappa shape index (κ1) is 16.4. The lowest BCUT2D eigenvalue weighted by molar-refractivity contribution is -0.938. The van der Waals surface area contributed by atoms with E-state index in [-0.39, 0.29) is 0 Å². The van der Waals surface area contributed by atoms with Gasteiger partial charge in [0.2, 0.25) is 5.95 Å². The van der Waals surface area contributed by atoms with E-state index in [0.717, 1.165) is 41.9 Å². The maximum Gasteiger partial charge on any atom is 0.215 e. The Morgan fingerprint density at radius 2 is 2.04 bits per heavy atom. The lowest BCUT2D eigenvalue weighted by atomic mass is 10.2. The number of imidazole rings is 1. The predicted molar refractivity (Wildman–Crippen MR) is 99.7 cm³/mol. The summed E-state index contributed by atoms with van der Waals surface area (Å²) in [5, 5.41) is 10.7. The smallest absolute Gasteiger partial charge is 0.215 e. The number of para-hydroxylation sites is 2. The first-order valence-electron chi connectivity index (χ1n) is 8.56. The normalized spacial score (nSPS) is 18.4. The minimum absolute atomic E-state index is 0.404. The highest BCUT2D eigenvalue weighted by atomic mass is 35.5. The zero-order valence-corrected chi connectivity index (χ0v) is 14.9. The molecule has 0 amide bonds. The molecule has 3 aromatic rings. The van der Waals surface area contributed by atoms with Crippen LogP contribution in [-0.4, -0.2) is 34.0 Å². The van der Waals surface area contributed by atoms with Crippen LogP contribution in [0.5, 0.6) is 0 Å². The number of nitrogens with zero attached hydrogens (tertiary/aromatic N) is 3. The van der Waals surface area contributed by atoms with Crippen molar-refractivity contribution in [1.82, 2.24) is 9.55 Å². The first-order chi connectivity index (χ1) is 12.1. The maximum absolute atomic E-state index is 9.91. The average Bonchev–Trinajstić information content (AvgIpc) is 2.94. The van der Waals surface area contributed by atoms with Crippen LogP contribution in [0.1, 0.15) is 12.5 Å². The van der Waals surface area contributed by atoms with Gasteiger partial charge in [-0.3, -0.25) is 14.4 Å². The van der Waals surface area contributed by atoms with Gasteiger partial charge in [0.15, 0.2) is 13.3 Å². The second-order valence-electron chi connectivity index (χ2n) is 6.77. The van der Waals surface area contributed by atoms with Crippen molar-refractivity contribution >= 4 is 28.6 Å². The number of nitrogens with one attached hydrogen (secondary N) is 1. The van der Waals surface area contributed by atoms with E-state index in [1.165, 1.54) is 10.5 Å². The van der Waals surface area contributed by atoms with Gasteiger partial charge in [-0.05, 0) is 31.2 Å². The third kappa shape index (κ3) is 3.35. The van der Waals surface area contributed by atoms with Crippen molar-refractivity contribution in [1.29, 1.82) is 0 Å². The van der Waals surface area contributed by atoms with Crippen LogP contribution in [0.2, 0.25) is 5.02 Å².